The van der Waals surface area contributed by atoms with Crippen LogP contribution >= 0.6 is 0 Å². The average molecular weight is 1370 g/mol. The highest BCUT2D eigenvalue weighted by Crippen LogP contribution is 2.22. The molecule has 4 rings (SSSR count). The number of rotatable bonds is 43. The van der Waals surface area contributed by atoms with Crippen molar-refractivity contribution in [2.45, 2.75) is 217 Å². The maximum absolute atomic E-state index is 14.8. The van der Waals surface area contributed by atoms with Crippen molar-refractivity contribution in [3.63, 3.8) is 0 Å². The Morgan fingerprint density at radius 2 is 1.27 bits per heavy atom. The number of phenolic OH excluding ortho intramolecular Hbond substituents is 1. The Labute approximate surface area is 571 Å². The number of primary amides is 1. The summed E-state index contributed by atoms with van der Waals surface area (Å²) in [5, 5.41) is 63.0. The molecule has 3 heterocycles. The molecule has 98 heavy (non-hydrogen) atoms. The zero-order valence-electron chi connectivity index (χ0n) is 57.0. The molecular formula is C64H103N21O13. The second kappa shape index (κ2) is 42.8. The number of H-pyrrole nitrogens is 1. The van der Waals surface area contributed by atoms with Crippen LogP contribution in [0.25, 0.3) is 0 Å². The predicted octanol–water partition coefficient (Wildman–Crippen LogP) is -3.20. The number of nitriles is 1. The Morgan fingerprint density at radius 1 is 0.684 bits per heavy atom. The summed E-state index contributed by atoms with van der Waals surface area (Å²) in [6.45, 7) is 11.5. The van der Waals surface area contributed by atoms with E-state index in [-0.39, 0.29) is 126 Å². The third kappa shape index (κ3) is 29.0. The van der Waals surface area contributed by atoms with E-state index >= 15 is 0 Å². The van der Waals surface area contributed by atoms with Crippen molar-refractivity contribution < 1.29 is 63.0 Å². The number of nitrogens with one attached hydrogen (secondary N) is 13. The number of hydrogen-bond donors (Lipinski definition) is 18. The highest BCUT2D eigenvalue weighted by atomic mass is 16.3. The fourth-order valence-electron chi connectivity index (χ4n) is 10.8. The molecule has 542 valence electrons. The van der Waals surface area contributed by atoms with E-state index in [0.717, 1.165) is 12.8 Å². The van der Waals surface area contributed by atoms with Gasteiger partial charge in [0.05, 0.1) is 12.9 Å². The molecule has 0 saturated carbocycles. The van der Waals surface area contributed by atoms with Crippen LogP contribution in [0.15, 0.2) is 46.8 Å². The number of phenols is 1. The fraction of sp³-hybridized carbons (Fsp3) is 0.641. The van der Waals surface area contributed by atoms with Crippen molar-refractivity contribution in [2.75, 3.05) is 39.3 Å². The van der Waals surface area contributed by atoms with E-state index < -0.39 is 126 Å². The van der Waals surface area contributed by atoms with Crippen LogP contribution in [0.3, 0.4) is 0 Å². The standard InChI is InChI=1S/C64H103N21O13/c1-7-8-25-72-64(74-35-65)73-27-12-9-15-43(78-59(95)49(32-41-33-69-36-75-41)83-56(92)45-23-24-52(88)77-45)55(91)84-50(34-86)60(96)82-48(31-40-19-21-42(87)22-20-40)58(94)79-44(17-13-28-71-63(67)68)54(90)81-47(30-37(2)3)57(93)80-46(16-10-11-26-70-38(4)5)62(98)85-29-14-18-51(85)61(97)76-39(6)53(66)89/h19-22,33,36-39,43-51,70,86-87H,7-18,23-32,34H2,1-6H3,(H2,66,89)(H,69,75)(H,76,97)(H,77,88)(H,78,95)(H,79,94)(H,80,93)(H,81,90)(H,82,96)(H,83,92)(H,84,91)(H4,67,68,71)(H2,72,73,74)/t39-,43-,44-,45+,46+,47+,48+,49+,50+,51+/m1/s1. The summed E-state index contributed by atoms with van der Waals surface area (Å²) in [7, 11) is 0. The summed E-state index contributed by atoms with van der Waals surface area (Å²) in [4.78, 5) is 170. The molecule has 0 aliphatic carbocycles. The lowest BCUT2D eigenvalue weighted by atomic mass is 10.00. The lowest BCUT2D eigenvalue weighted by Gasteiger charge is -2.31. The molecule has 0 radical (unpaired) electrons. The number of nitrogens with zero attached hydrogens (tertiary/aromatic N) is 5. The molecule has 2 aliphatic rings. The summed E-state index contributed by atoms with van der Waals surface area (Å²) in [5.74, 6) is -8.75. The number of carbonyl (C=O) groups is 11. The van der Waals surface area contributed by atoms with Gasteiger partial charge in [0.1, 0.15) is 66.2 Å². The van der Waals surface area contributed by atoms with E-state index in [1.807, 2.05) is 27.0 Å². The van der Waals surface area contributed by atoms with Crippen molar-refractivity contribution in [2.24, 2.45) is 33.1 Å². The number of aromatic amines is 1. The molecule has 1 aromatic carbocycles. The van der Waals surface area contributed by atoms with Crippen molar-refractivity contribution in [1.29, 1.82) is 5.26 Å². The summed E-state index contributed by atoms with van der Waals surface area (Å²) in [5.41, 5.74) is 17.5. The summed E-state index contributed by atoms with van der Waals surface area (Å²) < 4.78 is 0. The molecule has 21 N–H and O–H groups in total. The molecule has 1 aromatic heterocycles. The molecule has 11 amide bonds. The number of aromatic nitrogens is 2. The van der Waals surface area contributed by atoms with E-state index in [2.05, 4.69) is 83.8 Å². The molecule has 0 unspecified atom stereocenters. The molecule has 2 saturated heterocycles. The number of hydrogen-bond acceptors (Lipinski definition) is 18. The largest absolute Gasteiger partial charge is 0.508 e. The van der Waals surface area contributed by atoms with Crippen molar-refractivity contribution in [3.8, 4) is 11.9 Å². The molecule has 0 bridgehead atoms. The zero-order chi connectivity index (χ0) is 72.3. The second-order valence-corrected chi connectivity index (χ2v) is 25.2. The van der Waals surface area contributed by atoms with E-state index in [9.17, 15) is 68.2 Å². The third-order valence-corrected chi connectivity index (χ3v) is 16.2. The monoisotopic (exact) mass is 1370 g/mol. The number of unbranched alkanes of at least 4 members (excludes halogenated alkanes) is 3. The van der Waals surface area contributed by atoms with Crippen molar-refractivity contribution >= 4 is 76.9 Å². The Hall–Kier alpha value is -9.65. The van der Waals surface area contributed by atoms with E-state index in [4.69, 9.17) is 17.2 Å². The maximum atomic E-state index is 14.8. The minimum atomic E-state index is -1.80. The third-order valence-electron chi connectivity index (χ3n) is 16.2. The molecule has 10 atom stereocenters. The lowest BCUT2D eigenvalue weighted by molar-refractivity contribution is -0.142. The van der Waals surface area contributed by atoms with Crippen LogP contribution in [0.5, 0.6) is 5.75 Å². The van der Waals surface area contributed by atoms with E-state index in [1.165, 1.54) is 48.6 Å². The molecule has 2 aromatic rings. The fourth-order valence-corrected chi connectivity index (χ4v) is 10.8. The van der Waals surface area contributed by atoms with Crippen LogP contribution in [0, 0.1) is 17.4 Å². The lowest BCUT2D eigenvalue weighted by Crippen LogP contribution is -2.61. The number of likely N-dealkylation sites (tertiary alicyclic amines) is 1. The van der Waals surface area contributed by atoms with Gasteiger partial charge in [-0.25, -0.2) is 4.98 Å². The highest BCUT2D eigenvalue weighted by molar-refractivity contribution is 5.99. The first-order valence-corrected chi connectivity index (χ1v) is 33.6. The van der Waals surface area contributed by atoms with Gasteiger partial charge in [-0.1, -0.05) is 53.2 Å². The number of aliphatic imine (C=N–C) groups is 2. The van der Waals surface area contributed by atoms with Crippen molar-refractivity contribution in [3.05, 3.63) is 48.0 Å². The number of aliphatic hydroxyl groups is 1. The zero-order valence-corrected chi connectivity index (χ0v) is 57.0. The summed E-state index contributed by atoms with van der Waals surface area (Å²) in [6, 6.07) is -7.23. The Bertz CT molecular complexity index is 3050. The van der Waals surface area contributed by atoms with Gasteiger partial charge in [-0.3, -0.25) is 68.0 Å². The van der Waals surface area contributed by atoms with Gasteiger partial charge < -0.3 is 95.8 Å². The molecule has 0 spiro atoms. The van der Waals surface area contributed by atoms with E-state index in [0.29, 0.717) is 50.0 Å². The van der Waals surface area contributed by atoms with Crippen LogP contribution in [0.4, 0.5) is 0 Å². The highest BCUT2D eigenvalue weighted by Gasteiger charge is 2.40. The van der Waals surface area contributed by atoms with Crippen LogP contribution in [0.1, 0.15) is 149 Å². The number of aromatic hydroxyl groups is 1. The van der Waals surface area contributed by atoms with Crippen LogP contribution < -0.4 is 81.0 Å². The van der Waals surface area contributed by atoms with Gasteiger partial charge in [0, 0.05) is 63.4 Å². The topological polar surface area (TPSA) is 531 Å². The van der Waals surface area contributed by atoms with Gasteiger partial charge in [0.15, 0.2) is 12.2 Å². The number of imidazole rings is 1. The van der Waals surface area contributed by atoms with Gasteiger partial charge in [-0.15, -0.1) is 0 Å². The Balaban J connectivity index is 1.65. The quantitative estimate of drug-likeness (QED) is 0.0102. The number of carbonyl (C=O) groups excluding carboxylic acids is 11. The first-order chi connectivity index (χ1) is 46.7. The summed E-state index contributed by atoms with van der Waals surface area (Å²) >= 11 is 0. The average Bonchev–Trinajstić information content (AvgIpc) is 1.60. The molecule has 34 nitrogen and oxygen atoms in total. The molecule has 34 heteroatoms. The number of benzene rings is 1. The Kier molecular flexibility index (Phi) is 35.3. The smallest absolute Gasteiger partial charge is 0.245 e. The maximum Gasteiger partial charge on any atom is 0.245 e. The number of aliphatic hydroxyl groups excluding tert-OH is 1. The van der Waals surface area contributed by atoms with Gasteiger partial charge in [0.2, 0.25) is 70.9 Å². The predicted molar refractivity (Wildman–Crippen MR) is 362 cm³/mol. The molecular weight excluding hydrogens is 1270 g/mol. The van der Waals surface area contributed by atoms with Crippen LogP contribution in [-0.4, -0.2) is 208 Å². The van der Waals surface area contributed by atoms with Crippen LogP contribution in [-0.2, 0) is 65.6 Å². The second-order valence-electron chi connectivity index (χ2n) is 25.2. The molecule has 2 fully saturated rings. The van der Waals surface area contributed by atoms with Gasteiger partial charge in [0.25, 0.3) is 0 Å². The van der Waals surface area contributed by atoms with Gasteiger partial charge in [-0.2, -0.15) is 5.26 Å². The minimum absolute atomic E-state index is 0.0106. The number of guanidine groups is 2. The van der Waals surface area contributed by atoms with Crippen molar-refractivity contribution in [1.82, 2.24) is 78.7 Å². The molecule has 2 aliphatic heterocycles. The normalized spacial score (nSPS) is 16.8. The van der Waals surface area contributed by atoms with E-state index in [1.54, 1.807) is 13.8 Å². The number of nitrogens with two attached hydrogens (primary N) is 3. The SMILES string of the molecule is CCCCNC(=NCCCC[C@@H](NC(=O)[C@H](Cc1cnc[nH]1)NC(=O)[C@@H]1CCC(=O)N1)C(=O)N[C@@H](CO)C(=O)N[C@@H](Cc1ccc(O)cc1)C(=O)N[C@H](CCCN=C(N)N)C(=O)N[C@@H](CC(C)C)C(=O)N[C@@H](CCCCNC(C)C)C(=O)N1CCC[C@H]1C(=O)N[C@H](C)C(N)=O)NC#N. The van der Waals surface area contributed by atoms with Gasteiger partial charge in [-0.05, 0) is 121 Å². The van der Waals surface area contributed by atoms with Crippen LogP contribution in [0.2, 0.25) is 0 Å². The summed E-state index contributed by atoms with van der Waals surface area (Å²) in [6.07, 6.45) is 8.59. The van der Waals surface area contributed by atoms with Gasteiger partial charge >= 0.3 is 0 Å². The Morgan fingerprint density at radius 3 is 1.86 bits per heavy atom. The minimum Gasteiger partial charge on any atom is -0.508 e. The first kappa shape index (κ1) is 80.8. The number of amides is 11. The first-order valence-electron chi connectivity index (χ1n) is 33.6.